The predicted octanol–water partition coefficient (Wildman–Crippen LogP) is 1.11. The minimum Gasteiger partial charge on any atom is -0.356 e. The van der Waals surface area contributed by atoms with Crippen LogP contribution in [0.15, 0.2) is 17.5 Å². The summed E-state index contributed by atoms with van der Waals surface area (Å²) in [4.78, 5) is 24.2. The molecule has 1 aromatic heterocycles. The average molecular weight is 295 g/mol. The lowest BCUT2D eigenvalue weighted by Crippen LogP contribution is -2.33. The number of hydrogen-bond donors (Lipinski definition) is 3. The van der Waals surface area contributed by atoms with Gasteiger partial charge in [0.15, 0.2) is 0 Å². The van der Waals surface area contributed by atoms with Gasteiger partial charge >= 0.3 is 0 Å². The lowest BCUT2D eigenvalue weighted by Gasteiger charge is -2.10. The van der Waals surface area contributed by atoms with Gasteiger partial charge in [0, 0.05) is 25.0 Å². The average Bonchev–Trinajstić information content (AvgIpc) is 3.08. The fourth-order valence-electron chi connectivity index (χ4n) is 2.40. The molecule has 0 spiro atoms. The van der Waals surface area contributed by atoms with Gasteiger partial charge in [-0.05, 0) is 37.1 Å². The van der Waals surface area contributed by atoms with Gasteiger partial charge in [0.1, 0.15) is 0 Å². The van der Waals surface area contributed by atoms with Crippen LogP contribution >= 0.6 is 11.3 Å². The summed E-state index contributed by atoms with van der Waals surface area (Å²) < 4.78 is 0. The van der Waals surface area contributed by atoms with Crippen molar-refractivity contribution in [1.82, 2.24) is 10.6 Å². The van der Waals surface area contributed by atoms with E-state index in [4.69, 9.17) is 5.73 Å². The molecule has 20 heavy (non-hydrogen) atoms. The summed E-state index contributed by atoms with van der Waals surface area (Å²) in [6, 6.07) is 3.83. The van der Waals surface area contributed by atoms with Crippen molar-refractivity contribution < 1.29 is 9.59 Å². The monoisotopic (exact) mass is 295 g/mol. The van der Waals surface area contributed by atoms with Crippen molar-refractivity contribution >= 4 is 23.2 Å². The second-order valence-electron chi connectivity index (χ2n) is 5.15. The minimum atomic E-state index is -0.0481. The van der Waals surface area contributed by atoms with Crippen molar-refractivity contribution in [2.45, 2.75) is 31.7 Å². The van der Waals surface area contributed by atoms with E-state index in [1.165, 1.54) is 11.3 Å². The number of carbonyl (C=O) groups is 2. The molecule has 1 aliphatic rings. The molecule has 110 valence electrons. The fourth-order valence-corrected chi connectivity index (χ4v) is 3.04. The van der Waals surface area contributed by atoms with Crippen molar-refractivity contribution in [3.8, 4) is 0 Å². The van der Waals surface area contributed by atoms with E-state index in [1.807, 2.05) is 11.4 Å². The van der Waals surface area contributed by atoms with E-state index in [0.717, 1.165) is 25.7 Å². The van der Waals surface area contributed by atoms with Crippen LogP contribution in [-0.2, 0) is 4.79 Å². The Kier molecular flexibility index (Phi) is 5.55. The fraction of sp³-hybridized carbons (Fsp3) is 0.571. The Morgan fingerprint density at radius 2 is 2.10 bits per heavy atom. The summed E-state index contributed by atoms with van der Waals surface area (Å²) in [5.41, 5.74) is 5.79. The van der Waals surface area contributed by atoms with Gasteiger partial charge in [-0.25, -0.2) is 0 Å². The first-order valence-electron chi connectivity index (χ1n) is 7.02. The molecule has 0 radical (unpaired) electrons. The lowest BCUT2D eigenvalue weighted by molar-refractivity contribution is -0.124. The lowest BCUT2D eigenvalue weighted by atomic mass is 10.1. The molecular weight excluding hydrogens is 274 g/mol. The highest BCUT2D eigenvalue weighted by Crippen LogP contribution is 2.23. The molecule has 6 heteroatoms. The Hall–Kier alpha value is -1.40. The van der Waals surface area contributed by atoms with E-state index in [9.17, 15) is 9.59 Å². The van der Waals surface area contributed by atoms with Crippen LogP contribution in [0, 0.1) is 5.92 Å². The minimum absolute atomic E-state index is 0.0481. The highest BCUT2D eigenvalue weighted by atomic mass is 32.1. The van der Waals surface area contributed by atoms with E-state index in [1.54, 1.807) is 6.07 Å². The smallest absolute Gasteiger partial charge is 0.261 e. The van der Waals surface area contributed by atoms with Gasteiger partial charge in [-0.2, -0.15) is 0 Å². The number of nitrogens with two attached hydrogens (primary N) is 1. The number of nitrogens with one attached hydrogen (secondary N) is 2. The van der Waals surface area contributed by atoms with Gasteiger partial charge in [-0.3, -0.25) is 9.59 Å². The third-order valence-electron chi connectivity index (χ3n) is 3.53. The maximum Gasteiger partial charge on any atom is 0.261 e. The third-order valence-corrected chi connectivity index (χ3v) is 4.40. The molecule has 0 saturated heterocycles. The van der Waals surface area contributed by atoms with Gasteiger partial charge < -0.3 is 16.4 Å². The molecule has 2 amide bonds. The first-order chi connectivity index (χ1) is 9.66. The largest absolute Gasteiger partial charge is 0.356 e. The number of thiophene rings is 1. The van der Waals surface area contributed by atoms with Gasteiger partial charge in [-0.15, -0.1) is 11.3 Å². The highest BCUT2D eigenvalue weighted by Gasteiger charge is 2.27. The van der Waals surface area contributed by atoms with E-state index >= 15 is 0 Å². The quantitative estimate of drug-likeness (QED) is 0.687. The summed E-state index contributed by atoms with van der Waals surface area (Å²) in [5, 5.41) is 7.62. The Morgan fingerprint density at radius 1 is 1.30 bits per heavy atom. The van der Waals surface area contributed by atoms with Gasteiger partial charge in [0.2, 0.25) is 5.91 Å². The maximum absolute atomic E-state index is 11.8. The number of amides is 2. The van der Waals surface area contributed by atoms with Crippen LogP contribution in [-0.4, -0.2) is 30.9 Å². The summed E-state index contributed by atoms with van der Waals surface area (Å²) >= 11 is 1.42. The molecule has 2 rings (SSSR count). The van der Waals surface area contributed by atoms with Crippen molar-refractivity contribution in [1.29, 1.82) is 0 Å². The SMILES string of the molecule is NC1CCC(C(=O)NCCCNC(=O)c2cccs2)C1. The molecule has 1 saturated carbocycles. The van der Waals surface area contributed by atoms with Crippen LogP contribution < -0.4 is 16.4 Å². The van der Waals surface area contributed by atoms with Crippen LogP contribution in [0.2, 0.25) is 0 Å². The molecule has 1 aliphatic carbocycles. The molecule has 4 N–H and O–H groups in total. The standard InChI is InChI=1S/C14H21N3O2S/c15-11-5-4-10(9-11)13(18)16-6-2-7-17-14(19)12-3-1-8-20-12/h1,3,8,10-11H,2,4-7,9,15H2,(H,16,18)(H,17,19). The molecule has 0 aromatic carbocycles. The van der Waals surface area contributed by atoms with Crippen molar-refractivity contribution in [3.05, 3.63) is 22.4 Å². The van der Waals surface area contributed by atoms with Gasteiger partial charge in [-0.1, -0.05) is 6.07 Å². The van der Waals surface area contributed by atoms with E-state index in [2.05, 4.69) is 10.6 Å². The maximum atomic E-state index is 11.8. The second-order valence-corrected chi connectivity index (χ2v) is 6.10. The second kappa shape index (κ2) is 7.40. The van der Waals surface area contributed by atoms with Crippen molar-refractivity contribution in [3.63, 3.8) is 0 Å². The summed E-state index contributed by atoms with van der Waals surface area (Å²) in [6.45, 7) is 1.16. The molecule has 0 bridgehead atoms. The molecule has 1 heterocycles. The van der Waals surface area contributed by atoms with Crippen LogP contribution in [0.5, 0.6) is 0 Å². The molecule has 2 atom stereocenters. The summed E-state index contributed by atoms with van der Waals surface area (Å²) in [5.74, 6) is 0.126. The van der Waals surface area contributed by atoms with Crippen molar-refractivity contribution in [2.75, 3.05) is 13.1 Å². The Balaban J connectivity index is 1.55. The molecule has 5 nitrogen and oxygen atoms in total. The zero-order chi connectivity index (χ0) is 14.4. The number of rotatable bonds is 6. The van der Waals surface area contributed by atoms with E-state index in [-0.39, 0.29) is 23.8 Å². The van der Waals surface area contributed by atoms with Gasteiger partial charge in [0.25, 0.3) is 5.91 Å². The Bertz CT molecular complexity index is 447. The normalized spacial score (nSPS) is 21.6. The zero-order valence-electron chi connectivity index (χ0n) is 11.4. The topological polar surface area (TPSA) is 84.2 Å². The molecule has 2 unspecified atom stereocenters. The molecule has 1 aromatic rings. The highest BCUT2D eigenvalue weighted by molar-refractivity contribution is 7.12. The first kappa shape index (κ1) is 15.0. The number of carbonyl (C=O) groups excluding carboxylic acids is 2. The van der Waals surface area contributed by atoms with Gasteiger partial charge in [0.05, 0.1) is 4.88 Å². The molecule has 1 fully saturated rings. The summed E-state index contributed by atoms with van der Waals surface area (Å²) in [6.07, 6.45) is 3.36. The van der Waals surface area contributed by atoms with E-state index in [0.29, 0.717) is 18.0 Å². The van der Waals surface area contributed by atoms with Crippen molar-refractivity contribution in [2.24, 2.45) is 11.7 Å². The Labute approximate surface area is 122 Å². The van der Waals surface area contributed by atoms with Crippen LogP contribution in [0.1, 0.15) is 35.4 Å². The van der Waals surface area contributed by atoms with Crippen LogP contribution in [0.4, 0.5) is 0 Å². The Morgan fingerprint density at radius 3 is 2.75 bits per heavy atom. The third kappa shape index (κ3) is 4.31. The number of hydrogen-bond acceptors (Lipinski definition) is 4. The first-order valence-corrected chi connectivity index (χ1v) is 7.90. The summed E-state index contributed by atoms with van der Waals surface area (Å²) in [7, 11) is 0. The van der Waals surface area contributed by atoms with Crippen LogP contribution in [0.3, 0.4) is 0 Å². The predicted molar refractivity (Wildman–Crippen MR) is 79.6 cm³/mol. The molecular formula is C14H21N3O2S. The zero-order valence-corrected chi connectivity index (χ0v) is 12.2. The van der Waals surface area contributed by atoms with E-state index < -0.39 is 0 Å². The molecule has 0 aliphatic heterocycles. The van der Waals surface area contributed by atoms with Crippen LogP contribution in [0.25, 0.3) is 0 Å².